The van der Waals surface area contributed by atoms with Gasteiger partial charge in [0, 0.05) is 51.2 Å². The van der Waals surface area contributed by atoms with E-state index in [2.05, 4.69) is 31.9 Å². The molecule has 2 N–H and O–H groups in total. The Morgan fingerprint density at radius 1 is 1.24 bits per heavy atom. The van der Waals surface area contributed by atoms with E-state index in [9.17, 15) is 0 Å². The van der Waals surface area contributed by atoms with E-state index in [1.54, 1.807) is 0 Å². The molecule has 1 saturated heterocycles. The van der Waals surface area contributed by atoms with Crippen LogP contribution < -0.4 is 10.6 Å². The van der Waals surface area contributed by atoms with Crippen molar-refractivity contribution in [1.82, 2.24) is 24.5 Å². The Balaban J connectivity index is 1.77. The fraction of sp³-hybridized carbons (Fsp3) is 0.643. The van der Waals surface area contributed by atoms with Crippen molar-refractivity contribution in [2.24, 2.45) is 5.73 Å². The minimum absolute atomic E-state index is 0.492. The highest BCUT2D eigenvalue weighted by Gasteiger charge is 2.24. The smallest absolute Gasteiger partial charge is 0.203 e. The van der Waals surface area contributed by atoms with Crippen molar-refractivity contribution in [3.8, 4) is 0 Å². The summed E-state index contributed by atoms with van der Waals surface area (Å²) in [6.07, 6.45) is 4.83. The third kappa shape index (κ3) is 2.58. The zero-order chi connectivity index (χ0) is 14.8. The summed E-state index contributed by atoms with van der Waals surface area (Å²) >= 11 is 0. The van der Waals surface area contributed by atoms with Crippen molar-refractivity contribution in [2.75, 3.05) is 37.6 Å². The van der Waals surface area contributed by atoms with Crippen LogP contribution >= 0.6 is 0 Å². The highest BCUT2D eigenvalue weighted by Crippen LogP contribution is 2.20. The van der Waals surface area contributed by atoms with Crippen molar-refractivity contribution in [1.29, 1.82) is 0 Å². The summed E-state index contributed by atoms with van der Waals surface area (Å²) in [7, 11) is 0. The second-order valence-corrected chi connectivity index (χ2v) is 5.51. The van der Waals surface area contributed by atoms with Crippen molar-refractivity contribution in [2.45, 2.75) is 26.3 Å². The van der Waals surface area contributed by atoms with Crippen LogP contribution in [0.1, 0.15) is 19.2 Å². The number of anilines is 1. The molecule has 1 atom stereocenters. The van der Waals surface area contributed by atoms with Crippen LogP contribution in [-0.2, 0) is 0 Å². The van der Waals surface area contributed by atoms with Crippen LogP contribution in [0.5, 0.6) is 0 Å². The molecule has 1 aliphatic rings. The number of hydrogen-bond acceptors (Lipinski definition) is 6. The van der Waals surface area contributed by atoms with Gasteiger partial charge in [0.1, 0.15) is 5.82 Å². The molecule has 2 aromatic rings. The molecule has 0 aromatic carbocycles. The summed E-state index contributed by atoms with van der Waals surface area (Å²) in [5, 5.41) is 8.40. The van der Waals surface area contributed by atoms with Gasteiger partial charge in [-0.05, 0) is 13.3 Å². The predicted octanol–water partition coefficient (Wildman–Crippen LogP) is 0.292. The number of hydrogen-bond donors (Lipinski definition) is 1. The lowest BCUT2D eigenvalue weighted by molar-refractivity contribution is 0.184. The quantitative estimate of drug-likeness (QED) is 0.872. The molecule has 2 aromatic heterocycles. The van der Waals surface area contributed by atoms with Gasteiger partial charge in [-0.1, -0.05) is 6.92 Å². The molecule has 7 nitrogen and oxygen atoms in total. The largest absolute Gasteiger partial charge is 0.351 e. The normalized spacial score (nSPS) is 18.3. The highest BCUT2D eigenvalue weighted by atomic mass is 15.3. The molecule has 0 bridgehead atoms. The van der Waals surface area contributed by atoms with Gasteiger partial charge in [-0.2, -0.15) is 0 Å². The third-order valence-corrected chi connectivity index (χ3v) is 4.35. The maximum absolute atomic E-state index is 5.85. The van der Waals surface area contributed by atoms with Crippen LogP contribution in [0, 0.1) is 6.92 Å². The number of aryl methyl sites for hydroxylation is 1. The fourth-order valence-electron chi connectivity index (χ4n) is 3.02. The number of aromatic nitrogens is 4. The summed E-state index contributed by atoms with van der Waals surface area (Å²) in [5.41, 5.74) is 6.69. The summed E-state index contributed by atoms with van der Waals surface area (Å²) in [6, 6.07) is 0.492. The molecule has 3 rings (SSSR count). The van der Waals surface area contributed by atoms with Gasteiger partial charge in [0.2, 0.25) is 5.65 Å². The molecule has 114 valence electrons. The van der Waals surface area contributed by atoms with Gasteiger partial charge in [-0.3, -0.25) is 9.30 Å². The van der Waals surface area contributed by atoms with Crippen LogP contribution in [0.3, 0.4) is 0 Å². The molecule has 7 heteroatoms. The van der Waals surface area contributed by atoms with Crippen molar-refractivity contribution >= 4 is 11.5 Å². The Morgan fingerprint density at radius 2 is 2.00 bits per heavy atom. The summed E-state index contributed by atoms with van der Waals surface area (Å²) in [4.78, 5) is 9.29. The molecule has 3 heterocycles. The highest BCUT2D eigenvalue weighted by molar-refractivity contribution is 5.63. The molecule has 21 heavy (non-hydrogen) atoms. The molecule has 1 aliphatic heterocycles. The second-order valence-electron chi connectivity index (χ2n) is 5.51. The molecule has 0 radical (unpaired) electrons. The van der Waals surface area contributed by atoms with Gasteiger partial charge in [-0.15, -0.1) is 10.2 Å². The Bertz CT molecular complexity index is 596. The van der Waals surface area contributed by atoms with Crippen LogP contribution in [0.25, 0.3) is 5.65 Å². The molecular formula is C14H23N7. The third-order valence-electron chi connectivity index (χ3n) is 4.35. The van der Waals surface area contributed by atoms with Crippen molar-refractivity contribution in [3.63, 3.8) is 0 Å². The van der Waals surface area contributed by atoms with Gasteiger partial charge in [0.25, 0.3) is 0 Å². The number of nitrogens with zero attached hydrogens (tertiary/aromatic N) is 6. The average molecular weight is 289 g/mol. The average Bonchev–Trinajstić information content (AvgIpc) is 2.91. The molecule has 0 spiro atoms. The fourth-order valence-corrected chi connectivity index (χ4v) is 3.02. The van der Waals surface area contributed by atoms with E-state index in [0.29, 0.717) is 6.04 Å². The van der Waals surface area contributed by atoms with Gasteiger partial charge >= 0.3 is 0 Å². The topological polar surface area (TPSA) is 75.6 Å². The predicted molar refractivity (Wildman–Crippen MR) is 82.4 cm³/mol. The number of fused-ring (bicyclic) bond motifs is 1. The summed E-state index contributed by atoms with van der Waals surface area (Å²) in [5.74, 6) is 1.82. The maximum atomic E-state index is 5.85. The van der Waals surface area contributed by atoms with E-state index < -0.39 is 0 Å². The lowest BCUT2D eigenvalue weighted by Gasteiger charge is -2.39. The van der Waals surface area contributed by atoms with E-state index in [-0.39, 0.29) is 0 Å². The first-order valence-electron chi connectivity index (χ1n) is 7.60. The molecular weight excluding hydrogens is 266 g/mol. The first kappa shape index (κ1) is 14.2. The molecule has 1 unspecified atom stereocenters. The maximum Gasteiger partial charge on any atom is 0.203 e. The first-order valence-corrected chi connectivity index (χ1v) is 7.60. The molecule has 1 fully saturated rings. The Labute approximate surface area is 124 Å². The van der Waals surface area contributed by atoms with Crippen LogP contribution in [0.4, 0.5) is 5.82 Å². The van der Waals surface area contributed by atoms with Gasteiger partial charge in [-0.25, -0.2) is 4.98 Å². The number of nitrogens with two attached hydrogens (primary N) is 1. The van der Waals surface area contributed by atoms with Gasteiger partial charge < -0.3 is 10.6 Å². The summed E-state index contributed by atoms with van der Waals surface area (Å²) < 4.78 is 1.99. The monoisotopic (exact) mass is 289 g/mol. The van der Waals surface area contributed by atoms with E-state index in [0.717, 1.165) is 56.4 Å². The minimum atomic E-state index is 0.492. The van der Waals surface area contributed by atoms with E-state index in [1.165, 1.54) is 0 Å². The van der Waals surface area contributed by atoms with E-state index in [1.807, 2.05) is 23.7 Å². The number of piperazine rings is 1. The van der Waals surface area contributed by atoms with Crippen molar-refractivity contribution < 1.29 is 0 Å². The molecule has 0 amide bonds. The minimum Gasteiger partial charge on any atom is -0.351 e. The van der Waals surface area contributed by atoms with Crippen LogP contribution in [0.15, 0.2) is 12.4 Å². The van der Waals surface area contributed by atoms with Gasteiger partial charge in [0.15, 0.2) is 5.82 Å². The zero-order valence-corrected chi connectivity index (χ0v) is 12.7. The summed E-state index contributed by atoms with van der Waals surface area (Å²) in [6.45, 7) is 8.83. The first-order chi connectivity index (χ1) is 10.2. The van der Waals surface area contributed by atoms with E-state index in [4.69, 9.17) is 5.73 Å². The van der Waals surface area contributed by atoms with Crippen molar-refractivity contribution in [3.05, 3.63) is 18.2 Å². The lowest BCUT2D eigenvalue weighted by Crippen LogP contribution is -2.52. The zero-order valence-electron chi connectivity index (χ0n) is 12.7. The molecule has 0 aliphatic carbocycles. The Kier molecular flexibility index (Phi) is 4.03. The Hall–Kier alpha value is -1.73. The van der Waals surface area contributed by atoms with E-state index >= 15 is 0 Å². The standard InChI is InChI=1S/C14H23N7/c1-3-12(10-15)19-6-8-20(9-7-19)13-14-18-17-11(2)21(14)5-4-16-13/h4-5,12H,3,6-10,15H2,1-2H3. The van der Waals surface area contributed by atoms with Crippen LogP contribution in [-0.4, -0.2) is 63.2 Å². The Morgan fingerprint density at radius 3 is 2.67 bits per heavy atom. The number of rotatable bonds is 4. The SMILES string of the molecule is CCC(CN)N1CCN(c2nccn3c(C)nnc23)CC1. The van der Waals surface area contributed by atoms with Crippen LogP contribution in [0.2, 0.25) is 0 Å². The second kappa shape index (κ2) is 5.95. The molecule has 0 saturated carbocycles. The lowest BCUT2D eigenvalue weighted by atomic mass is 10.1. The van der Waals surface area contributed by atoms with Gasteiger partial charge in [0.05, 0.1) is 0 Å².